The molecule has 3 rings (SSSR count). The number of hydrogen-bond acceptors (Lipinski definition) is 5. The summed E-state index contributed by atoms with van der Waals surface area (Å²) in [6.07, 6.45) is -1.47. The molecule has 0 radical (unpaired) electrons. The van der Waals surface area contributed by atoms with Gasteiger partial charge in [0, 0.05) is 45.1 Å². The Bertz CT molecular complexity index is 694. The molecule has 0 spiro atoms. The monoisotopic (exact) mass is 351 g/mol. The van der Waals surface area contributed by atoms with Gasteiger partial charge in [0.05, 0.1) is 5.56 Å². The molecule has 0 unspecified atom stereocenters. The van der Waals surface area contributed by atoms with Crippen LogP contribution in [0.5, 0.6) is 0 Å². The van der Waals surface area contributed by atoms with Crippen LogP contribution in [0.2, 0.25) is 0 Å². The predicted octanol–water partition coefficient (Wildman–Crippen LogP) is 2.86. The summed E-state index contributed by atoms with van der Waals surface area (Å²) in [5, 5.41) is 2.91. The Morgan fingerprint density at radius 3 is 2.48 bits per heavy atom. The Morgan fingerprint density at radius 1 is 1.08 bits per heavy atom. The summed E-state index contributed by atoms with van der Waals surface area (Å²) in [5.74, 6) is 1.12. The second-order valence-electron chi connectivity index (χ2n) is 6.10. The minimum absolute atomic E-state index is 0.193. The van der Waals surface area contributed by atoms with E-state index >= 15 is 0 Å². The van der Waals surface area contributed by atoms with Crippen LogP contribution in [-0.2, 0) is 12.7 Å². The van der Waals surface area contributed by atoms with Gasteiger partial charge in [0.2, 0.25) is 0 Å². The van der Waals surface area contributed by atoms with Gasteiger partial charge in [-0.25, -0.2) is 9.97 Å². The van der Waals surface area contributed by atoms with Gasteiger partial charge < -0.3 is 15.1 Å². The van der Waals surface area contributed by atoms with E-state index in [1.807, 2.05) is 12.1 Å². The van der Waals surface area contributed by atoms with Gasteiger partial charge in [0.25, 0.3) is 0 Å². The molecule has 1 N–H and O–H groups in total. The van der Waals surface area contributed by atoms with Gasteiger partial charge in [0.15, 0.2) is 0 Å². The lowest BCUT2D eigenvalue weighted by atomic mass is 10.2. The molecule has 0 atom stereocenters. The number of halogens is 3. The summed E-state index contributed by atoms with van der Waals surface area (Å²) in [5.41, 5.74) is 0.172. The standard InChI is InChI=1S/C17H20F3N5/c1-24-6-8-25(9-7-24)16-3-2-13(12-23-16)11-22-15-10-14(4-5-21-15)17(18,19)20/h2-5,10,12H,6-9,11H2,1H3,(H,21,22). The Morgan fingerprint density at radius 2 is 1.84 bits per heavy atom. The van der Waals surface area contributed by atoms with Crippen LogP contribution in [0.15, 0.2) is 36.7 Å². The Kier molecular flexibility index (Phi) is 5.08. The van der Waals surface area contributed by atoms with Crippen LogP contribution in [0, 0.1) is 0 Å². The average molecular weight is 351 g/mol. The number of rotatable bonds is 4. The molecule has 0 amide bonds. The van der Waals surface area contributed by atoms with Crippen molar-refractivity contribution in [3.8, 4) is 0 Å². The smallest absolute Gasteiger partial charge is 0.366 e. The van der Waals surface area contributed by atoms with E-state index in [4.69, 9.17) is 0 Å². The van der Waals surface area contributed by atoms with Crippen LogP contribution in [0.3, 0.4) is 0 Å². The number of piperazine rings is 1. The predicted molar refractivity (Wildman–Crippen MR) is 90.5 cm³/mol. The lowest BCUT2D eigenvalue weighted by molar-refractivity contribution is -0.137. The van der Waals surface area contributed by atoms with Crippen LogP contribution >= 0.6 is 0 Å². The highest BCUT2D eigenvalue weighted by molar-refractivity contribution is 5.42. The highest BCUT2D eigenvalue weighted by Crippen LogP contribution is 2.29. The van der Waals surface area contributed by atoms with Crippen molar-refractivity contribution in [3.05, 3.63) is 47.8 Å². The van der Waals surface area contributed by atoms with Crippen molar-refractivity contribution < 1.29 is 13.2 Å². The van der Waals surface area contributed by atoms with Crippen LogP contribution in [0.4, 0.5) is 24.8 Å². The van der Waals surface area contributed by atoms with Crippen molar-refractivity contribution >= 4 is 11.6 Å². The van der Waals surface area contributed by atoms with E-state index in [0.717, 1.165) is 55.9 Å². The number of anilines is 2. The first-order valence-corrected chi connectivity index (χ1v) is 8.07. The zero-order chi connectivity index (χ0) is 17.9. The van der Waals surface area contributed by atoms with Gasteiger partial charge >= 0.3 is 6.18 Å². The first-order chi connectivity index (χ1) is 11.9. The highest BCUT2D eigenvalue weighted by Gasteiger charge is 2.30. The zero-order valence-corrected chi connectivity index (χ0v) is 13.9. The number of nitrogens with one attached hydrogen (secondary N) is 1. The number of aromatic nitrogens is 2. The number of nitrogens with zero attached hydrogens (tertiary/aromatic N) is 4. The highest BCUT2D eigenvalue weighted by atomic mass is 19.4. The molecule has 1 aliphatic rings. The molecule has 2 aromatic rings. The number of alkyl halides is 3. The summed E-state index contributed by atoms with van der Waals surface area (Å²) < 4.78 is 38.1. The van der Waals surface area contributed by atoms with Crippen LogP contribution < -0.4 is 10.2 Å². The van der Waals surface area contributed by atoms with Gasteiger partial charge in [-0.2, -0.15) is 13.2 Å². The molecule has 3 heterocycles. The van der Waals surface area contributed by atoms with Gasteiger partial charge in [-0.15, -0.1) is 0 Å². The number of hydrogen-bond donors (Lipinski definition) is 1. The van der Waals surface area contributed by atoms with Crippen LogP contribution in [0.25, 0.3) is 0 Å². The fourth-order valence-electron chi connectivity index (χ4n) is 2.64. The van der Waals surface area contributed by atoms with Gasteiger partial charge in [-0.05, 0) is 30.8 Å². The molecule has 0 saturated carbocycles. The lowest BCUT2D eigenvalue weighted by Crippen LogP contribution is -2.44. The third kappa shape index (κ3) is 4.60. The van der Waals surface area contributed by atoms with E-state index in [9.17, 15) is 13.2 Å². The summed E-state index contributed by atoms with van der Waals surface area (Å²) in [7, 11) is 2.10. The van der Waals surface area contributed by atoms with E-state index in [-0.39, 0.29) is 5.82 Å². The van der Waals surface area contributed by atoms with E-state index in [2.05, 4.69) is 32.1 Å². The third-order valence-electron chi connectivity index (χ3n) is 4.20. The zero-order valence-electron chi connectivity index (χ0n) is 13.9. The molecule has 5 nitrogen and oxygen atoms in total. The maximum Gasteiger partial charge on any atom is 0.416 e. The second kappa shape index (κ2) is 7.26. The second-order valence-corrected chi connectivity index (χ2v) is 6.10. The van der Waals surface area contributed by atoms with Gasteiger partial charge in [0.1, 0.15) is 11.6 Å². The maximum atomic E-state index is 12.7. The van der Waals surface area contributed by atoms with Crippen molar-refractivity contribution in [2.75, 3.05) is 43.4 Å². The SMILES string of the molecule is CN1CCN(c2ccc(CNc3cc(C(F)(F)F)ccn3)cn2)CC1. The number of pyridine rings is 2. The van der Waals surface area contributed by atoms with Crippen molar-refractivity contribution in [1.29, 1.82) is 0 Å². The molecule has 2 aromatic heterocycles. The van der Waals surface area contributed by atoms with Gasteiger partial charge in [-0.1, -0.05) is 6.07 Å². The van der Waals surface area contributed by atoms with Gasteiger partial charge in [-0.3, -0.25) is 0 Å². The van der Waals surface area contributed by atoms with Crippen molar-refractivity contribution in [1.82, 2.24) is 14.9 Å². The van der Waals surface area contributed by atoms with Crippen molar-refractivity contribution in [2.24, 2.45) is 0 Å². The quantitative estimate of drug-likeness (QED) is 0.918. The molecule has 8 heteroatoms. The molecule has 25 heavy (non-hydrogen) atoms. The maximum absolute atomic E-state index is 12.7. The molecule has 1 fully saturated rings. The number of likely N-dealkylation sites (N-methyl/N-ethyl adjacent to an activating group) is 1. The Labute approximate surface area is 144 Å². The first kappa shape index (κ1) is 17.5. The van der Waals surface area contributed by atoms with Crippen LogP contribution in [-0.4, -0.2) is 48.1 Å². The minimum Gasteiger partial charge on any atom is -0.366 e. The minimum atomic E-state index is -4.37. The van der Waals surface area contributed by atoms with E-state index in [1.165, 1.54) is 0 Å². The molecule has 0 bridgehead atoms. The van der Waals surface area contributed by atoms with E-state index in [1.54, 1.807) is 6.20 Å². The summed E-state index contributed by atoms with van der Waals surface area (Å²) in [4.78, 5) is 12.9. The molecule has 1 saturated heterocycles. The summed E-state index contributed by atoms with van der Waals surface area (Å²) >= 11 is 0. The molecule has 1 aliphatic heterocycles. The van der Waals surface area contributed by atoms with E-state index in [0.29, 0.717) is 6.54 Å². The van der Waals surface area contributed by atoms with Crippen molar-refractivity contribution in [3.63, 3.8) is 0 Å². The van der Waals surface area contributed by atoms with Crippen molar-refractivity contribution in [2.45, 2.75) is 12.7 Å². The molecular weight excluding hydrogens is 331 g/mol. The fraction of sp³-hybridized carbons (Fsp3) is 0.412. The Hall–Kier alpha value is -2.35. The summed E-state index contributed by atoms with van der Waals surface area (Å²) in [6, 6.07) is 5.84. The Balaban J connectivity index is 1.59. The normalized spacial score (nSPS) is 16.1. The molecule has 0 aromatic carbocycles. The van der Waals surface area contributed by atoms with E-state index < -0.39 is 11.7 Å². The fourth-order valence-corrected chi connectivity index (χ4v) is 2.64. The largest absolute Gasteiger partial charge is 0.416 e. The molecular formula is C17H20F3N5. The summed E-state index contributed by atoms with van der Waals surface area (Å²) in [6.45, 7) is 4.26. The average Bonchev–Trinajstić information content (AvgIpc) is 2.61. The third-order valence-corrected chi connectivity index (χ3v) is 4.20. The first-order valence-electron chi connectivity index (χ1n) is 8.07. The topological polar surface area (TPSA) is 44.3 Å². The molecule has 0 aliphatic carbocycles. The van der Waals surface area contributed by atoms with Crippen LogP contribution in [0.1, 0.15) is 11.1 Å². The lowest BCUT2D eigenvalue weighted by Gasteiger charge is -2.33. The molecule has 134 valence electrons.